The molecule has 0 amide bonds. The second-order valence-electron chi connectivity index (χ2n) is 6.42. The van der Waals surface area contributed by atoms with Crippen LogP contribution in [0.5, 0.6) is 0 Å². The van der Waals surface area contributed by atoms with Crippen LogP contribution in [0.2, 0.25) is 0 Å². The van der Waals surface area contributed by atoms with Gasteiger partial charge in [0.05, 0.1) is 6.42 Å². The van der Waals surface area contributed by atoms with E-state index in [2.05, 4.69) is 50.2 Å². The molecule has 2 nitrogen and oxygen atoms in total. The van der Waals surface area contributed by atoms with Gasteiger partial charge >= 0.3 is 5.97 Å². The summed E-state index contributed by atoms with van der Waals surface area (Å²) in [7, 11) is 0. The lowest BCUT2D eigenvalue weighted by Crippen LogP contribution is -2.02. The van der Waals surface area contributed by atoms with Crippen molar-refractivity contribution in [1.29, 1.82) is 0 Å². The Kier molecular flexibility index (Phi) is 5.37. The molecular weight excluding hydrogens is 272 g/mol. The van der Waals surface area contributed by atoms with Crippen molar-refractivity contribution in [3.8, 4) is 11.1 Å². The summed E-state index contributed by atoms with van der Waals surface area (Å²) in [6, 6.07) is 16.9. The van der Waals surface area contributed by atoms with Gasteiger partial charge in [-0.2, -0.15) is 0 Å². The van der Waals surface area contributed by atoms with Gasteiger partial charge in [-0.1, -0.05) is 69.3 Å². The summed E-state index contributed by atoms with van der Waals surface area (Å²) in [4.78, 5) is 10.8. The molecule has 0 bridgehead atoms. The fourth-order valence-electron chi connectivity index (χ4n) is 2.69. The van der Waals surface area contributed by atoms with E-state index in [0.29, 0.717) is 5.92 Å². The Bertz CT molecular complexity index is 609. The normalized spacial score (nSPS) is 12.4. The standard InChI is InChI=1S/C20H24O2/c1-14(2)12-16-4-6-18(7-5-16)19-10-8-17(9-11-19)15(3)13-20(21)22/h4-11,14-15H,12-13H2,1-3H3,(H,21,22)/t15-/m0/s1. The molecule has 2 heteroatoms. The fraction of sp³-hybridized carbons (Fsp3) is 0.350. The van der Waals surface area contributed by atoms with Crippen LogP contribution in [0.4, 0.5) is 0 Å². The molecule has 2 rings (SSSR count). The van der Waals surface area contributed by atoms with Gasteiger partial charge in [-0.15, -0.1) is 0 Å². The lowest BCUT2D eigenvalue weighted by molar-refractivity contribution is -0.137. The maximum atomic E-state index is 10.8. The Balaban J connectivity index is 2.11. The van der Waals surface area contributed by atoms with Crippen molar-refractivity contribution in [3.05, 3.63) is 59.7 Å². The van der Waals surface area contributed by atoms with E-state index in [0.717, 1.165) is 12.0 Å². The monoisotopic (exact) mass is 296 g/mol. The number of carboxylic acids is 1. The first-order valence-corrected chi connectivity index (χ1v) is 7.86. The van der Waals surface area contributed by atoms with Crippen molar-refractivity contribution < 1.29 is 9.90 Å². The van der Waals surface area contributed by atoms with E-state index < -0.39 is 5.97 Å². The van der Waals surface area contributed by atoms with Crippen molar-refractivity contribution in [2.45, 2.75) is 39.5 Å². The van der Waals surface area contributed by atoms with E-state index in [1.165, 1.54) is 16.7 Å². The minimum absolute atomic E-state index is 0.0416. The zero-order valence-corrected chi connectivity index (χ0v) is 13.5. The van der Waals surface area contributed by atoms with Crippen molar-refractivity contribution in [2.75, 3.05) is 0 Å². The quantitative estimate of drug-likeness (QED) is 0.802. The van der Waals surface area contributed by atoms with E-state index >= 15 is 0 Å². The number of rotatable bonds is 6. The third-order valence-electron chi connectivity index (χ3n) is 3.89. The molecular formula is C20H24O2. The number of hydrogen-bond acceptors (Lipinski definition) is 1. The summed E-state index contributed by atoms with van der Waals surface area (Å²) in [5, 5.41) is 8.87. The number of aliphatic carboxylic acids is 1. The van der Waals surface area contributed by atoms with Crippen LogP contribution in [0.25, 0.3) is 11.1 Å². The third kappa shape index (κ3) is 4.45. The lowest BCUT2D eigenvalue weighted by Gasteiger charge is -2.11. The minimum atomic E-state index is -0.752. The van der Waals surface area contributed by atoms with E-state index in [4.69, 9.17) is 5.11 Å². The number of benzene rings is 2. The highest BCUT2D eigenvalue weighted by molar-refractivity contribution is 5.68. The summed E-state index contributed by atoms with van der Waals surface area (Å²) in [6.07, 6.45) is 1.27. The predicted octanol–water partition coefficient (Wildman–Crippen LogP) is 5.13. The molecule has 0 radical (unpaired) electrons. The summed E-state index contributed by atoms with van der Waals surface area (Å²) < 4.78 is 0. The highest BCUT2D eigenvalue weighted by atomic mass is 16.4. The van der Waals surface area contributed by atoms with Gasteiger partial charge in [0, 0.05) is 0 Å². The van der Waals surface area contributed by atoms with E-state index in [9.17, 15) is 4.79 Å². The van der Waals surface area contributed by atoms with Crippen LogP contribution < -0.4 is 0 Å². The molecule has 0 aliphatic rings. The molecule has 0 aliphatic carbocycles. The van der Waals surface area contributed by atoms with Gasteiger partial charge in [0.1, 0.15) is 0 Å². The third-order valence-corrected chi connectivity index (χ3v) is 3.89. The molecule has 0 saturated heterocycles. The first-order valence-electron chi connectivity index (χ1n) is 7.86. The van der Waals surface area contributed by atoms with Crippen LogP contribution >= 0.6 is 0 Å². The van der Waals surface area contributed by atoms with Crippen LogP contribution in [0.3, 0.4) is 0 Å². The number of hydrogen-bond donors (Lipinski definition) is 1. The summed E-state index contributed by atoms with van der Waals surface area (Å²) in [6.45, 7) is 6.40. The molecule has 2 aromatic rings. The van der Waals surface area contributed by atoms with Gasteiger partial charge in [-0.3, -0.25) is 4.79 Å². The predicted molar refractivity (Wildman–Crippen MR) is 91.1 cm³/mol. The van der Waals surface area contributed by atoms with E-state index in [1.54, 1.807) is 0 Å². The zero-order chi connectivity index (χ0) is 16.1. The highest BCUT2D eigenvalue weighted by Crippen LogP contribution is 2.25. The second kappa shape index (κ2) is 7.26. The van der Waals surface area contributed by atoms with Gasteiger partial charge in [0.2, 0.25) is 0 Å². The van der Waals surface area contributed by atoms with Crippen molar-refractivity contribution in [1.82, 2.24) is 0 Å². The van der Waals surface area contributed by atoms with Crippen molar-refractivity contribution >= 4 is 5.97 Å². The van der Waals surface area contributed by atoms with Crippen molar-refractivity contribution in [2.24, 2.45) is 5.92 Å². The van der Waals surface area contributed by atoms with Gasteiger partial charge in [0.15, 0.2) is 0 Å². The Morgan fingerprint density at radius 2 is 1.41 bits per heavy atom. The molecule has 1 N–H and O–H groups in total. The molecule has 0 aromatic heterocycles. The first-order chi connectivity index (χ1) is 10.5. The lowest BCUT2D eigenvalue weighted by atomic mass is 9.94. The SMILES string of the molecule is CC(C)Cc1ccc(-c2ccc([C@@H](C)CC(=O)O)cc2)cc1. The molecule has 0 heterocycles. The first kappa shape index (κ1) is 16.3. The number of carboxylic acid groups (broad SMARTS) is 1. The zero-order valence-electron chi connectivity index (χ0n) is 13.5. The molecule has 0 spiro atoms. The average molecular weight is 296 g/mol. The Morgan fingerprint density at radius 3 is 1.86 bits per heavy atom. The topological polar surface area (TPSA) is 37.3 Å². The van der Waals surface area contributed by atoms with Gasteiger partial charge in [0.25, 0.3) is 0 Å². The molecule has 0 aliphatic heterocycles. The Morgan fingerprint density at radius 1 is 0.909 bits per heavy atom. The van der Waals surface area contributed by atoms with E-state index in [1.807, 2.05) is 19.1 Å². The molecule has 22 heavy (non-hydrogen) atoms. The van der Waals surface area contributed by atoms with Gasteiger partial charge in [-0.25, -0.2) is 0 Å². The van der Waals surface area contributed by atoms with Gasteiger partial charge in [-0.05, 0) is 40.5 Å². The number of carbonyl (C=O) groups is 1. The smallest absolute Gasteiger partial charge is 0.303 e. The Labute approximate surface area is 132 Å². The fourth-order valence-corrected chi connectivity index (χ4v) is 2.69. The summed E-state index contributed by atoms with van der Waals surface area (Å²) >= 11 is 0. The second-order valence-corrected chi connectivity index (χ2v) is 6.42. The maximum absolute atomic E-state index is 10.8. The van der Waals surface area contributed by atoms with Crippen LogP contribution in [-0.4, -0.2) is 11.1 Å². The van der Waals surface area contributed by atoms with Crippen LogP contribution in [0, 0.1) is 5.92 Å². The molecule has 2 aromatic carbocycles. The van der Waals surface area contributed by atoms with Crippen LogP contribution in [0.15, 0.2) is 48.5 Å². The average Bonchev–Trinajstić information content (AvgIpc) is 2.47. The maximum Gasteiger partial charge on any atom is 0.303 e. The van der Waals surface area contributed by atoms with Crippen LogP contribution in [-0.2, 0) is 11.2 Å². The molecule has 0 fully saturated rings. The summed E-state index contributed by atoms with van der Waals surface area (Å²) in [5.41, 5.74) is 4.81. The van der Waals surface area contributed by atoms with Crippen LogP contribution in [0.1, 0.15) is 44.2 Å². The molecule has 116 valence electrons. The largest absolute Gasteiger partial charge is 0.481 e. The van der Waals surface area contributed by atoms with E-state index in [-0.39, 0.29) is 12.3 Å². The minimum Gasteiger partial charge on any atom is -0.481 e. The van der Waals surface area contributed by atoms with Crippen molar-refractivity contribution in [3.63, 3.8) is 0 Å². The molecule has 0 unspecified atom stereocenters. The molecule has 1 atom stereocenters. The summed E-state index contributed by atoms with van der Waals surface area (Å²) in [5.74, 6) is -0.0434. The van der Waals surface area contributed by atoms with Gasteiger partial charge < -0.3 is 5.11 Å². The Hall–Kier alpha value is -2.09. The molecule has 0 saturated carbocycles. The highest BCUT2D eigenvalue weighted by Gasteiger charge is 2.10.